The van der Waals surface area contributed by atoms with Gasteiger partial charge in [0.1, 0.15) is 6.54 Å². The molecule has 0 bridgehead atoms. The van der Waals surface area contributed by atoms with E-state index in [1.807, 2.05) is 12.1 Å². The normalized spacial score (nSPS) is 14.6. The van der Waals surface area contributed by atoms with Crippen molar-refractivity contribution in [3.63, 3.8) is 0 Å². The average molecular weight is 257 g/mol. The molecule has 1 aromatic carbocycles. The van der Waals surface area contributed by atoms with E-state index in [2.05, 4.69) is 23.3 Å². The Morgan fingerprint density at radius 1 is 1.53 bits per heavy atom. The SMILES string of the molecule is CN1CCc2cccc(NCC(=O)O)c2C1.Cl. The van der Waals surface area contributed by atoms with E-state index in [0.29, 0.717) is 0 Å². The first kappa shape index (κ1) is 13.8. The van der Waals surface area contributed by atoms with Gasteiger partial charge in [0.15, 0.2) is 0 Å². The highest BCUT2D eigenvalue weighted by atomic mass is 35.5. The molecule has 5 heteroatoms. The molecule has 2 rings (SSSR count). The fourth-order valence-corrected chi connectivity index (χ4v) is 2.05. The third-order valence-corrected chi connectivity index (χ3v) is 2.89. The molecule has 2 N–H and O–H groups in total. The monoisotopic (exact) mass is 256 g/mol. The van der Waals surface area contributed by atoms with Crippen molar-refractivity contribution in [2.75, 3.05) is 25.5 Å². The second-order valence-corrected chi connectivity index (χ2v) is 4.18. The summed E-state index contributed by atoms with van der Waals surface area (Å²) in [6.45, 7) is 1.92. The smallest absolute Gasteiger partial charge is 0.322 e. The number of benzene rings is 1. The number of aliphatic carboxylic acids is 1. The first-order valence-electron chi connectivity index (χ1n) is 5.42. The number of hydrogen-bond donors (Lipinski definition) is 2. The molecule has 4 nitrogen and oxygen atoms in total. The van der Waals surface area contributed by atoms with Crippen LogP contribution >= 0.6 is 12.4 Å². The van der Waals surface area contributed by atoms with Crippen LogP contribution in [0.2, 0.25) is 0 Å². The number of carbonyl (C=O) groups is 1. The predicted octanol–water partition coefficient (Wildman–Crippen LogP) is 1.59. The molecule has 0 aliphatic carbocycles. The molecule has 1 aliphatic rings. The van der Waals surface area contributed by atoms with E-state index in [1.165, 1.54) is 11.1 Å². The highest BCUT2D eigenvalue weighted by molar-refractivity contribution is 5.85. The van der Waals surface area contributed by atoms with Gasteiger partial charge in [-0.1, -0.05) is 12.1 Å². The highest BCUT2D eigenvalue weighted by Gasteiger charge is 2.16. The minimum absolute atomic E-state index is 0. The summed E-state index contributed by atoms with van der Waals surface area (Å²) in [5.41, 5.74) is 3.51. The standard InChI is InChI=1S/C12H16N2O2.ClH/c1-14-6-5-9-3-2-4-11(10(9)8-14)13-7-12(15)16;/h2-4,13H,5-8H2,1H3,(H,15,16);1H. The maximum atomic E-state index is 10.5. The van der Waals surface area contributed by atoms with E-state index in [4.69, 9.17) is 5.11 Å². The number of fused-ring (bicyclic) bond motifs is 1. The lowest BCUT2D eigenvalue weighted by Gasteiger charge is -2.27. The minimum Gasteiger partial charge on any atom is -0.480 e. The van der Waals surface area contributed by atoms with Crippen LogP contribution in [-0.4, -0.2) is 36.1 Å². The van der Waals surface area contributed by atoms with Crippen molar-refractivity contribution in [3.05, 3.63) is 29.3 Å². The number of nitrogens with one attached hydrogen (secondary N) is 1. The van der Waals surface area contributed by atoms with Crippen LogP contribution < -0.4 is 5.32 Å². The number of hydrogen-bond acceptors (Lipinski definition) is 3. The Kier molecular flexibility index (Phi) is 4.78. The Morgan fingerprint density at radius 2 is 2.29 bits per heavy atom. The van der Waals surface area contributed by atoms with E-state index in [-0.39, 0.29) is 19.0 Å². The first-order valence-corrected chi connectivity index (χ1v) is 5.42. The van der Waals surface area contributed by atoms with Gasteiger partial charge in [-0.3, -0.25) is 4.79 Å². The summed E-state index contributed by atoms with van der Waals surface area (Å²) in [4.78, 5) is 12.8. The lowest BCUT2D eigenvalue weighted by atomic mass is 9.98. The number of nitrogens with zero attached hydrogens (tertiary/aromatic N) is 1. The van der Waals surface area contributed by atoms with Crippen molar-refractivity contribution in [1.29, 1.82) is 0 Å². The molecular weight excluding hydrogens is 240 g/mol. The summed E-state index contributed by atoms with van der Waals surface area (Å²) in [6.07, 6.45) is 1.04. The van der Waals surface area contributed by atoms with Gasteiger partial charge < -0.3 is 15.3 Å². The Hall–Kier alpha value is -1.26. The average Bonchev–Trinajstić information content (AvgIpc) is 2.26. The highest BCUT2D eigenvalue weighted by Crippen LogP contribution is 2.25. The van der Waals surface area contributed by atoms with Crippen molar-refractivity contribution >= 4 is 24.1 Å². The molecule has 0 unspecified atom stereocenters. The van der Waals surface area contributed by atoms with Crippen molar-refractivity contribution < 1.29 is 9.90 Å². The van der Waals surface area contributed by atoms with E-state index in [9.17, 15) is 4.79 Å². The van der Waals surface area contributed by atoms with Gasteiger partial charge in [0, 0.05) is 18.8 Å². The molecule has 0 fully saturated rings. The van der Waals surface area contributed by atoms with Gasteiger partial charge in [0.05, 0.1) is 0 Å². The molecule has 1 aliphatic heterocycles. The van der Waals surface area contributed by atoms with Gasteiger partial charge in [-0.25, -0.2) is 0 Å². The number of rotatable bonds is 3. The molecule has 94 valence electrons. The number of anilines is 1. The van der Waals surface area contributed by atoms with Crippen molar-refractivity contribution in [1.82, 2.24) is 4.90 Å². The fraction of sp³-hybridized carbons (Fsp3) is 0.417. The lowest BCUT2D eigenvalue weighted by molar-refractivity contribution is -0.134. The summed E-state index contributed by atoms with van der Waals surface area (Å²) in [6, 6.07) is 6.05. The zero-order chi connectivity index (χ0) is 11.5. The minimum atomic E-state index is -0.832. The number of carboxylic acids is 1. The van der Waals surface area contributed by atoms with Crippen LogP contribution in [0.15, 0.2) is 18.2 Å². The molecule has 17 heavy (non-hydrogen) atoms. The second-order valence-electron chi connectivity index (χ2n) is 4.18. The maximum Gasteiger partial charge on any atom is 0.322 e. The Morgan fingerprint density at radius 3 is 3.00 bits per heavy atom. The summed E-state index contributed by atoms with van der Waals surface area (Å²) < 4.78 is 0. The van der Waals surface area contributed by atoms with E-state index >= 15 is 0 Å². The van der Waals surface area contributed by atoms with Gasteiger partial charge in [-0.05, 0) is 30.7 Å². The van der Waals surface area contributed by atoms with Crippen LogP contribution in [0.1, 0.15) is 11.1 Å². The summed E-state index contributed by atoms with van der Waals surface area (Å²) in [5, 5.41) is 11.6. The van der Waals surface area contributed by atoms with Crippen molar-refractivity contribution in [3.8, 4) is 0 Å². The largest absolute Gasteiger partial charge is 0.480 e. The van der Waals surface area contributed by atoms with Gasteiger partial charge in [0.25, 0.3) is 0 Å². The van der Waals surface area contributed by atoms with Crippen LogP contribution in [0.25, 0.3) is 0 Å². The fourth-order valence-electron chi connectivity index (χ4n) is 2.05. The third-order valence-electron chi connectivity index (χ3n) is 2.89. The van der Waals surface area contributed by atoms with Crippen molar-refractivity contribution in [2.24, 2.45) is 0 Å². The topological polar surface area (TPSA) is 52.6 Å². The molecule has 0 atom stereocenters. The van der Waals surface area contributed by atoms with Crippen LogP contribution in [0.3, 0.4) is 0 Å². The quantitative estimate of drug-likeness (QED) is 0.863. The first-order chi connectivity index (χ1) is 7.66. The molecule has 1 aromatic rings. The predicted molar refractivity (Wildman–Crippen MR) is 69.9 cm³/mol. The van der Waals surface area contributed by atoms with Crippen LogP contribution in [0.5, 0.6) is 0 Å². The molecule has 0 spiro atoms. The van der Waals surface area contributed by atoms with Gasteiger partial charge >= 0.3 is 5.97 Å². The van der Waals surface area contributed by atoms with Gasteiger partial charge in [-0.15, -0.1) is 12.4 Å². The zero-order valence-electron chi connectivity index (χ0n) is 9.77. The van der Waals surface area contributed by atoms with Crippen LogP contribution in [0.4, 0.5) is 5.69 Å². The molecule has 0 saturated heterocycles. The van der Waals surface area contributed by atoms with Gasteiger partial charge in [0.2, 0.25) is 0 Å². The molecule has 0 saturated carbocycles. The Balaban J connectivity index is 0.00000144. The second kappa shape index (κ2) is 5.89. The molecule has 0 amide bonds. The molecule has 1 heterocycles. The van der Waals surface area contributed by atoms with E-state index in [1.54, 1.807) is 0 Å². The molecule has 0 radical (unpaired) electrons. The Bertz CT molecular complexity index is 409. The number of likely N-dealkylation sites (N-methyl/N-ethyl adjacent to an activating group) is 1. The van der Waals surface area contributed by atoms with Crippen LogP contribution in [0, 0.1) is 0 Å². The third kappa shape index (κ3) is 3.35. The lowest BCUT2D eigenvalue weighted by Crippen LogP contribution is -2.27. The molecular formula is C12H17ClN2O2. The Labute approximate surface area is 107 Å². The summed E-state index contributed by atoms with van der Waals surface area (Å²) >= 11 is 0. The molecule has 0 aromatic heterocycles. The summed E-state index contributed by atoms with van der Waals surface area (Å²) in [5.74, 6) is -0.832. The summed E-state index contributed by atoms with van der Waals surface area (Å²) in [7, 11) is 2.08. The van der Waals surface area contributed by atoms with Gasteiger partial charge in [-0.2, -0.15) is 0 Å². The zero-order valence-corrected chi connectivity index (χ0v) is 10.6. The number of halogens is 1. The van der Waals surface area contributed by atoms with E-state index < -0.39 is 5.97 Å². The number of carboxylic acid groups (broad SMARTS) is 1. The van der Waals surface area contributed by atoms with E-state index in [0.717, 1.165) is 25.2 Å². The van der Waals surface area contributed by atoms with Crippen LogP contribution in [-0.2, 0) is 17.8 Å². The maximum absolute atomic E-state index is 10.5. The van der Waals surface area contributed by atoms with Crippen molar-refractivity contribution in [2.45, 2.75) is 13.0 Å².